The Balaban J connectivity index is 2.22. The zero-order chi connectivity index (χ0) is 15.4. The van der Waals surface area contributed by atoms with Gasteiger partial charge in [0.05, 0.1) is 11.1 Å². The standard InChI is InChI=1S/C14H10F2N2O3/c15-11-5-9(10(14(20)21)6-12(11)16)13(19)18-7-8-1-3-17-4-2-8/h1-6H,7H2,(H,18,19)(H,20,21). The summed E-state index contributed by atoms with van der Waals surface area (Å²) in [6, 6.07) is 4.37. The van der Waals surface area contributed by atoms with E-state index in [2.05, 4.69) is 10.3 Å². The normalized spacial score (nSPS) is 10.2. The van der Waals surface area contributed by atoms with Gasteiger partial charge >= 0.3 is 5.97 Å². The average Bonchev–Trinajstić information content (AvgIpc) is 2.48. The Morgan fingerprint density at radius 3 is 2.24 bits per heavy atom. The molecule has 21 heavy (non-hydrogen) atoms. The molecule has 0 saturated carbocycles. The maximum atomic E-state index is 13.2. The van der Waals surface area contributed by atoms with Gasteiger partial charge in [-0.1, -0.05) is 0 Å². The van der Waals surface area contributed by atoms with Gasteiger partial charge in [-0.25, -0.2) is 13.6 Å². The lowest BCUT2D eigenvalue weighted by Gasteiger charge is -2.08. The maximum absolute atomic E-state index is 13.2. The van der Waals surface area contributed by atoms with Crippen molar-refractivity contribution in [2.75, 3.05) is 0 Å². The minimum atomic E-state index is -1.51. The summed E-state index contributed by atoms with van der Waals surface area (Å²) in [5, 5.41) is 11.4. The molecule has 0 aliphatic carbocycles. The molecule has 1 aromatic carbocycles. The molecule has 1 aromatic heterocycles. The van der Waals surface area contributed by atoms with Crippen molar-refractivity contribution in [1.29, 1.82) is 0 Å². The first-order chi connectivity index (χ1) is 9.99. The van der Waals surface area contributed by atoms with Gasteiger partial charge in [0.15, 0.2) is 11.6 Å². The van der Waals surface area contributed by atoms with Crippen molar-refractivity contribution in [3.05, 3.63) is 65.0 Å². The molecule has 108 valence electrons. The first kappa shape index (κ1) is 14.6. The minimum absolute atomic E-state index is 0.111. The second-order valence-electron chi connectivity index (χ2n) is 4.16. The lowest BCUT2D eigenvalue weighted by atomic mass is 10.1. The molecule has 0 bridgehead atoms. The van der Waals surface area contributed by atoms with Gasteiger partial charge < -0.3 is 10.4 Å². The van der Waals surface area contributed by atoms with Crippen LogP contribution in [0.5, 0.6) is 0 Å². The predicted molar refractivity (Wildman–Crippen MR) is 68.7 cm³/mol. The fraction of sp³-hybridized carbons (Fsp3) is 0.0714. The summed E-state index contributed by atoms with van der Waals surface area (Å²) in [4.78, 5) is 26.7. The van der Waals surface area contributed by atoms with Gasteiger partial charge in [0, 0.05) is 18.9 Å². The SMILES string of the molecule is O=C(O)c1cc(F)c(F)cc1C(=O)NCc1ccncc1. The number of carboxylic acids is 1. The van der Waals surface area contributed by atoms with Crippen molar-refractivity contribution in [2.24, 2.45) is 0 Å². The van der Waals surface area contributed by atoms with Crippen LogP contribution in [0.4, 0.5) is 8.78 Å². The Hall–Kier alpha value is -2.83. The van der Waals surface area contributed by atoms with Gasteiger partial charge in [0.1, 0.15) is 0 Å². The third-order valence-corrected chi connectivity index (χ3v) is 2.74. The molecule has 5 nitrogen and oxygen atoms in total. The van der Waals surface area contributed by atoms with E-state index in [0.29, 0.717) is 12.1 Å². The number of carbonyl (C=O) groups excluding carboxylic acids is 1. The molecule has 2 N–H and O–H groups in total. The fourth-order valence-corrected chi connectivity index (χ4v) is 1.69. The number of hydrogen-bond acceptors (Lipinski definition) is 3. The molecule has 0 aliphatic rings. The predicted octanol–water partition coefficient (Wildman–Crippen LogP) is 1.99. The second kappa shape index (κ2) is 6.08. The molecule has 7 heteroatoms. The van der Waals surface area contributed by atoms with E-state index in [9.17, 15) is 18.4 Å². The highest BCUT2D eigenvalue weighted by atomic mass is 19.2. The number of aromatic nitrogens is 1. The van der Waals surface area contributed by atoms with E-state index >= 15 is 0 Å². The van der Waals surface area contributed by atoms with Crippen LogP contribution in [0.25, 0.3) is 0 Å². The summed E-state index contributed by atoms with van der Waals surface area (Å²) in [7, 11) is 0. The molecule has 2 rings (SSSR count). The molecule has 0 radical (unpaired) electrons. The van der Waals surface area contributed by atoms with Crippen molar-refractivity contribution in [1.82, 2.24) is 10.3 Å². The Labute approximate surface area is 118 Å². The smallest absolute Gasteiger partial charge is 0.336 e. The van der Waals surface area contributed by atoms with Crippen molar-refractivity contribution in [3.8, 4) is 0 Å². The van der Waals surface area contributed by atoms with Crippen LogP contribution in [0.15, 0.2) is 36.7 Å². The highest BCUT2D eigenvalue weighted by molar-refractivity contribution is 6.04. The third kappa shape index (κ3) is 3.38. The first-order valence-corrected chi connectivity index (χ1v) is 5.88. The van der Waals surface area contributed by atoms with Gasteiger partial charge in [0.2, 0.25) is 0 Å². The van der Waals surface area contributed by atoms with Gasteiger partial charge in [-0.2, -0.15) is 0 Å². The van der Waals surface area contributed by atoms with Crippen LogP contribution < -0.4 is 5.32 Å². The summed E-state index contributed by atoms with van der Waals surface area (Å²) >= 11 is 0. The van der Waals surface area contributed by atoms with Crippen molar-refractivity contribution in [2.45, 2.75) is 6.54 Å². The average molecular weight is 292 g/mol. The number of carbonyl (C=O) groups is 2. The molecular formula is C14H10F2N2O3. The monoisotopic (exact) mass is 292 g/mol. The summed E-state index contributed by atoms with van der Waals surface area (Å²) in [5.41, 5.74) is -0.297. The van der Waals surface area contributed by atoms with Crippen LogP contribution in [-0.2, 0) is 6.54 Å². The van der Waals surface area contributed by atoms with Crippen LogP contribution >= 0.6 is 0 Å². The van der Waals surface area contributed by atoms with E-state index in [0.717, 1.165) is 5.56 Å². The Morgan fingerprint density at radius 1 is 1.10 bits per heavy atom. The molecule has 0 atom stereocenters. The Kier molecular flexibility index (Phi) is 4.22. The van der Waals surface area contributed by atoms with E-state index in [1.54, 1.807) is 12.1 Å². The van der Waals surface area contributed by atoms with Gasteiger partial charge in [-0.15, -0.1) is 0 Å². The van der Waals surface area contributed by atoms with Crippen LogP contribution in [-0.4, -0.2) is 22.0 Å². The van der Waals surface area contributed by atoms with Gasteiger partial charge in [0.25, 0.3) is 5.91 Å². The molecular weight excluding hydrogens is 282 g/mol. The number of benzene rings is 1. The van der Waals surface area contributed by atoms with Crippen LogP contribution in [0.2, 0.25) is 0 Å². The molecule has 2 aromatic rings. The minimum Gasteiger partial charge on any atom is -0.478 e. The number of aromatic carboxylic acids is 1. The Morgan fingerprint density at radius 2 is 1.67 bits per heavy atom. The number of halogens is 2. The maximum Gasteiger partial charge on any atom is 0.336 e. The zero-order valence-corrected chi connectivity index (χ0v) is 10.6. The fourth-order valence-electron chi connectivity index (χ4n) is 1.69. The summed E-state index contributed by atoms with van der Waals surface area (Å²) < 4.78 is 26.2. The molecule has 0 aliphatic heterocycles. The molecule has 0 spiro atoms. The summed E-state index contributed by atoms with van der Waals surface area (Å²) in [6.45, 7) is 0.111. The van der Waals surface area contributed by atoms with E-state index in [1.807, 2.05) is 0 Å². The lowest BCUT2D eigenvalue weighted by Crippen LogP contribution is -2.25. The zero-order valence-electron chi connectivity index (χ0n) is 10.6. The molecule has 0 saturated heterocycles. The highest BCUT2D eigenvalue weighted by Crippen LogP contribution is 2.15. The highest BCUT2D eigenvalue weighted by Gasteiger charge is 2.20. The van der Waals surface area contributed by atoms with Gasteiger partial charge in [-0.05, 0) is 29.8 Å². The number of carboxylic acid groups (broad SMARTS) is 1. The van der Waals surface area contributed by atoms with Gasteiger partial charge in [-0.3, -0.25) is 9.78 Å². The largest absolute Gasteiger partial charge is 0.478 e. The third-order valence-electron chi connectivity index (χ3n) is 2.74. The van der Waals surface area contributed by atoms with Crippen molar-refractivity contribution < 1.29 is 23.5 Å². The molecule has 1 heterocycles. The van der Waals surface area contributed by atoms with E-state index < -0.39 is 34.6 Å². The number of hydrogen-bond donors (Lipinski definition) is 2. The molecule has 1 amide bonds. The number of nitrogens with one attached hydrogen (secondary N) is 1. The number of pyridine rings is 1. The number of rotatable bonds is 4. The second-order valence-corrected chi connectivity index (χ2v) is 4.16. The Bertz CT molecular complexity index is 690. The van der Waals surface area contributed by atoms with Crippen LogP contribution in [0.1, 0.15) is 26.3 Å². The van der Waals surface area contributed by atoms with Crippen LogP contribution in [0, 0.1) is 11.6 Å². The van der Waals surface area contributed by atoms with E-state index in [1.165, 1.54) is 12.4 Å². The number of amides is 1. The van der Waals surface area contributed by atoms with E-state index in [4.69, 9.17) is 5.11 Å². The molecule has 0 unspecified atom stereocenters. The van der Waals surface area contributed by atoms with E-state index in [-0.39, 0.29) is 6.54 Å². The topological polar surface area (TPSA) is 79.3 Å². The summed E-state index contributed by atoms with van der Waals surface area (Å²) in [6.07, 6.45) is 3.06. The van der Waals surface area contributed by atoms with Crippen molar-refractivity contribution in [3.63, 3.8) is 0 Å². The van der Waals surface area contributed by atoms with Crippen molar-refractivity contribution >= 4 is 11.9 Å². The first-order valence-electron chi connectivity index (χ1n) is 5.88. The molecule has 0 fully saturated rings. The lowest BCUT2D eigenvalue weighted by molar-refractivity contribution is 0.0690. The quantitative estimate of drug-likeness (QED) is 0.903. The number of nitrogens with zero attached hydrogens (tertiary/aromatic N) is 1. The van der Waals surface area contributed by atoms with Crippen LogP contribution in [0.3, 0.4) is 0 Å². The summed E-state index contributed by atoms with van der Waals surface area (Å²) in [5.74, 6) is -4.92.